The van der Waals surface area contributed by atoms with E-state index in [4.69, 9.17) is 0 Å². The first-order valence-corrected chi connectivity index (χ1v) is 15.1. The minimum atomic E-state index is -0.0143. The summed E-state index contributed by atoms with van der Waals surface area (Å²) in [7, 11) is 0. The maximum Gasteiger partial charge on any atom is 0.0346 e. The largest absolute Gasteiger partial charge is 0.264 e. The molecule has 0 unspecified atom stereocenters. The highest BCUT2D eigenvalue weighted by Gasteiger charge is 2.27. The van der Waals surface area contributed by atoms with E-state index in [1.807, 2.05) is 18.5 Å². The van der Waals surface area contributed by atoms with E-state index in [1.165, 1.54) is 55.6 Å². The standard InChI is InChI=1S/C41H45N/c1-39(2,3)31-25-34(32-16-10-12-18-36(32)40(4,5)6)38(29-22-20-28(21-23-29)30-15-14-24-42-27-30)35(26-31)33-17-11-13-19-37(33)41(7,8)9/h10-27H,1-9H3. The fourth-order valence-electron chi connectivity index (χ4n) is 5.92. The molecule has 0 fully saturated rings. The Bertz CT molecular complexity index is 1610. The molecule has 42 heavy (non-hydrogen) atoms. The molecule has 4 aromatic carbocycles. The normalized spacial score (nSPS) is 12.4. The molecule has 0 aliphatic carbocycles. The van der Waals surface area contributed by atoms with Gasteiger partial charge in [-0.1, -0.05) is 141 Å². The average Bonchev–Trinajstić information content (AvgIpc) is 2.96. The van der Waals surface area contributed by atoms with Crippen molar-refractivity contribution < 1.29 is 0 Å². The van der Waals surface area contributed by atoms with Gasteiger partial charge in [-0.15, -0.1) is 0 Å². The summed E-state index contributed by atoms with van der Waals surface area (Å²) in [5.41, 5.74) is 14.0. The molecule has 1 aromatic heterocycles. The summed E-state index contributed by atoms with van der Waals surface area (Å²) in [6.07, 6.45) is 3.76. The van der Waals surface area contributed by atoms with Crippen molar-refractivity contribution in [3.05, 3.63) is 126 Å². The van der Waals surface area contributed by atoms with Gasteiger partial charge in [0.15, 0.2) is 0 Å². The Balaban J connectivity index is 1.91. The second-order valence-corrected chi connectivity index (χ2v) is 14.6. The van der Waals surface area contributed by atoms with Gasteiger partial charge in [0, 0.05) is 12.4 Å². The van der Waals surface area contributed by atoms with Crippen LogP contribution >= 0.6 is 0 Å². The molecule has 0 aliphatic rings. The lowest BCUT2D eigenvalue weighted by Crippen LogP contribution is -2.16. The van der Waals surface area contributed by atoms with Gasteiger partial charge < -0.3 is 0 Å². The lowest BCUT2D eigenvalue weighted by Gasteiger charge is -2.30. The van der Waals surface area contributed by atoms with E-state index in [0.29, 0.717) is 0 Å². The molecular formula is C41H45N. The van der Waals surface area contributed by atoms with Crippen molar-refractivity contribution in [2.24, 2.45) is 0 Å². The van der Waals surface area contributed by atoms with Crippen molar-refractivity contribution in [1.29, 1.82) is 0 Å². The molecule has 0 radical (unpaired) electrons. The van der Waals surface area contributed by atoms with Gasteiger partial charge in [-0.05, 0) is 95.6 Å². The fourth-order valence-corrected chi connectivity index (χ4v) is 5.92. The second-order valence-electron chi connectivity index (χ2n) is 14.6. The van der Waals surface area contributed by atoms with E-state index in [0.717, 1.165) is 5.56 Å². The maximum atomic E-state index is 4.35. The molecule has 0 saturated heterocycles. The monoisotopic (exact) mass is 551 g/mol. The highest BCUT2D eigenvalue weighted by molar-refractivity contribution is 5.97. The van der Waals surface area contributed by atoms with Gasteiger partial charge in [0.2, 0.25) is 0 Å². The summed E-state index contributed by atoms with van der Waals surface area (Å²) >= 11 is 0. The van der Waals surface area contributed by atoms with Gasteiger partial charge in [0.1, 0.15) is 0 Å². The first-order chi connectivity index (χ1) is 19.7. The Hall–Kier alpha value is -3.97. The van der Waals surface area contributed by atoms with Gasteiger partial charge in [0.05, 0.1) is 0 Å². The van der Waals surface area contributed by atoms with Crippen LogP contribution in [0.4, 0.5) is 0 Å². The molecule has 1 heterocycles. The third-order valence-corrected chi connectivity index (χ3v) is 8.22. The van der Waals surface area contributed by atoms with E-state index in [2.05, 4.69) is 158 Å². The van der Waals surface area contributed by atoms with Crippen molar-refractivity contribution in [3.8, 4) is 44.5 Å². The van der Waals surface area contributed by atoms with Crippen molar-refractivity contribution in [2.75, 3.05) is 0 Å². The Morgan fingerprint density at radius 3 is 1.33 bits per heavy atom. The number of benzene rings is 4. The first kappa shape index (κ1) is 29.5. The Morgan fingerprint density at radius 1 is 0.429 bits per heavy atom. The van der Waals surface area contributed by atoms with Gasteiger partial charge in [-0.3, -0.25) is 4.98 Å². The molecule has 0 N–H and O–H groups in total. The third kappa shape index (κ3) is 5.97. The SMILES string of the molecule is CC(C)(C)c1cc(-c2ccccc2C(C)(C)C)c(-c2ccc(-c3cccnc3)cc2)c(-c2ccccc2C(C)(C)C)c1. The highest BCUT2D eigenvalue weighted by Crippen LogP contribution is 2.47. The topological polar surface area (TPSA) is 12.9 Å². The molecule has 1 heteroatoms. The number of pyridine rings is 1. The van der Waals surface area contributed by atoms with Crippen LogP contribution in [0.2, 0.25) is 0 Å². The lowest BCUT2D eigenvalue weighted by atomic mass is 9.74. The number of aromatic nitrogens is 1. The number of nitrogens with zero attached hydrogens (tertiary/aromatic N) is 1. The number of rotatable bonds is 4. The Labute approximate surface area is 253 Å². The van der Waals surface area contributed by atoms with E-state index in [1.54, 1.807) is 0 Å². The lowest BCUT2D eigenvalue weighted by molar-refractivity contribution is 0.588. The molecule has 0 amide bonds. The summed E-state index contributed by atoms with van der Waals surface area (Å²) in [5.74, 6) is 0. The van der Waals surface area contributed by atoms with Gasteiger partial charge >= 0.3 is 0 Å². The summed E-state index contributed by atoms with van der Waals surface area (Å²) in [5, 5.41) is 0. The zero-order chi connectivity index (χ0) is 30.3. The van der Waals surface area contributed by atoms with Crippen LogP contribution in [0.5, 0.6) is 0 Å². The Kier molecular flexibility index (Phi) is 7.75. The minimum absolute atomic E-state index is 0.000746. The molecule has 0 bridgehead atoms. The third-order valence-electron chi connectivity index (χ3n) is 8.22. The van der Waals surface area contributed by atoms with Crippen LogP contribution in [0.1, 0.15) is 79.0 Å². The minimum Gasteiger partial charge on any atom is -0.264 e. The van der Waals surface area contributed by atoms with Crippen molar-refractivity contribution in [3.63, 3.8) is 0 Å². The predicted octanol–water partition coefficient (Wildman–Crippen LogP) is 11.6. The van der Waals surface area contributed by atoms with Crippen molar-refractivity contribution in [2.45, 2.75) is 78.6 Å². The van der Waals surface area contributed by atoms with Gasteiger partial charge in [-0.25, -0.2) is 0 Å². The highest BCUT2D eigenvalue weighted by atomic mass is 14.6. The van der Waals surface area contributed by atoms with Crippen LogP contribution in [0.15, 0.2) is 109 Å². The van der Waals surface area contributed by atoms with Crippen molar-refractivity contribution in [1.82, 2.24) is 4.98 Å². The quantitative estimate of drug-likeness (QED) is 0.216. The molecule has 0 spiro atoms. The molecule has 0 atom stereocenters. The fraction of sp³-hybridized carbons (Fsp3) is 0.293. The number of hydrogen-bond donors (Lipinski definition) is 0. The number of hydrogen-bond acceptors (Lipinski definition) is 1. The smallest absolute Gasteiger partial charge is 0.0346 e. The van der Waals surface area contributed by atoms with Crippen LogP contribution in [-0.4, -0.2) is 4.98 Å². The van der Waals surface area contributed by atoms with E-state index >= 15 is 0 Å². The maximum absolute atomic E-state index is 4.35. The zero-order valence-electron chi connectivity index (χ0n) is 26.8. The zero-order valence-corrected chi connectivity index (χ0v) is 26.8. The van der Waals surface area contributed by atoms with Crippen LogP contribution in [0.3, 0.4) is 0 Å². The molecule has 0 aliphatic heterocycles. The summed E-state index contributed by atoms with van der Waals surface area (Å²) in [6.45, 7) is 20.9. The second kappa shape index (κ2) is 11.0. The first-order valence-electron chi connectivity index (χ1n) is 15.1. The van der Waals surface area contributed by atoms with Crippen LogP contribution in [0, 0.1) is 0 Å². The van der Waals surface area contributed by atoms with Crippen LogP contribution in [-0.2, 0) is 16.2 Å². The van der Waals surface area contributed by atoms with Crippen molar-refractivity contribution >= 4 is 0 Å². The average molecular weight is 552 g/mol. The summed E-state index contributed by atoms with van der Waals surface area (Å²) in [6, 6.07) is 36.1. The van der Waals surface area contributed by atoms with Gasteiger partial charge in [0.25, 0.3) is 0 Å². The summed E-state index contributed by atoms with van der Waals surface area (Å²) in [4.78, 5) is 4.35. The van der Waals surface area contributed by atoms with E-state index in [9.17, 15) is 0 Å². The molecule has 214 valence electrons. The Morgan fingerprint density at radius 2 is 0.905 bits per heavy atom. The van der Waals surface area contributed by atoms with E-state index < -0.39 is 0 Å². The molecule has 5 aromatic rings. The molecule has 1 nitrogen and oxygen atoms in total. The molecular weight excluding hydrogens is 506 g/mol. The van der Waals surface area contributed by atoms with E-state index in [-0.39, 0.29) is 16.2 Å². The van der Waals surface area contributed by atoms with Crippen LogP contribution < -0.4 is 0 Å². The molecule has 0 saturated carbocycles. The summed E-state index contributed by atoms with van der Waals surface area (Å²) < 4.78 is 0. The predicted molar refractivity (Wildman–Crippen MR) is 182 cm³/mol. The molecule has 5 rings (SSSR count). The van der Waals surface area contributed by atoms with Gasteiger partial charge in [-0.2, -0.15) is 0 Å². The van der Waals surface area contributed by atoms with Crippen LogP contribution in [0.25, 0.3) is 44.5 Å².